The van der Waals surface area contributed by atoms with Crippen molar-refractivity contribution in [2.24, 2.45) is 0 Å². The predicted octanol–water partition coefficient (Wildman–Crippen LogP) is 4.84. The molecule has 2 aromatic rings. The molecule has 0 atom stereocenters. The summed E-state index contributed by atoms with van der Waals surface area (Å²) in [6.45, 7) is 2.25. The minimum Gasteiger partial charge on any atom is -0.337 e. The summed E-state index contributed by atoms with van der Waals surface area (Å²) in [6.07, 6.45) is 6.22. The average Bonchev–Trinajstić information content (AvgIpc) is 2.99. The topological polar surface area (TPSA) is 52.7 Å². The Kier molecular flexibility index (Phi) is 7.61. The van der Waals surface area contributed by atoms with Crippen LogP contribution in [0.4, 0.5) is 10.5 Å². The average molecular weight is 430 g/mol. The molecular weight excluding hydrogens is 406 g/mol. The van der Waals surface area contributed by atoms with Gasteiger partial charge in [0.05, 0.1) is 0 Å². The molecule has 29 heavy (non-hydrogen) atoms. The normalized spacial score (nSPS) is 14.7. The maximum Gasteiger partial charge on any atom is 0.321 e. The molecule has 0 unspecified atom stereocenters. The molecule has 1 heterocycles. The first-order valence-electron chi connectivity index (χ1n) is 9.48. The molecule has 152 valence electrons. The number of urea groups is 1. The van der Waals surface area contributed by atoms with Crippen LogP contribution in [0.5, 0.6) is 0 Å². The Bertz CT molecular complexity index is 886. The van der Waals surface area contributed by atoms with Crippen LogP contribution in [0.3, 0.4) is 0 Å². The van der Waals surface area contributed by atoms with Crippen LogP contribution in [-0.4, -0.2) is 54.2 Å². The SMILES string of the molecule is CSc1ccc(/C=C/C(=O)N2CCCN(C(=O)Nc3cccc(Cl)c3)CC2)cc1. The highest BCUT2D eigenvalue weighted by Gasteiger charge is 2.21. The lowest BCUT2D eigenvalue weighted by Gasteiger charge is -2.22. The van der Waals surface area contributed by atoms with Gasteiger partial charge < -0.3 is 15.1 Å². The predicted molar refractivity (Wildman–Crippen MR) is 120 cm³/mol. The monoisotopic (exact) mass is 429 g/mol. The summed E-state index contributed by atoms with van der Waals surface area (Å²) >= 11 is 7.65. The van der Waals surface area contributed by atoms with Crippen molar-refractivity contribution in [3.63, 3.8) is 0 Å². The zero-order chi connectivity index (χ0) is 20.6. The molecule has 0 bridgehead atoms. The fourth-order valence-electron chi connectivity index (χ4n) is 3.10. The fourth-order valence-corrected chi connectivity index (χ4v) is 3.70. The van der Waals surface area contributed by atoms with Gasteiger partial charge in [0, 0.05) is 47.9 Å². The van der Waals surface area contributed by atoms with E-state index in [9.17, 15) is 9.59 Å². The molecule has 2 aromatic carbocycles. The van der Waals surface area contributed by atoms with Gasteiger partial charge in [-0.3, -0.25) is 4.79 Å². The van der Waals surface area contributed by atoms with Gasteiger partial charge in [0.25, 0.3) is 0 Å². The van der Waals surface area contributed by atoms with Gasteiger partial charge in [-0.1, -0.05) is 29.8 Å². The van der Waals surface area contributed by atoms with E-state index in [-0.39, 0.29) is 11.9 Å². The molecule has 1 N–H and O–H groups in total. The second kappa shape index (κ2) is 10.4. The maximum absolute atomic E-state index is 12.6. The fraction of sp³-hybridized carbons (Fsp3) is 0.273. The quantitative estimate of drug-likeness (QED) is 0.558. The van der Waals surface area contributed by atoms with Crippen LogP contribution in [0.25, 0.3) is 6.08 Å². The van der Waals surface area contributed by atoms with Crippen molar-refractivity contribution >= 4 is 47.1 Å². The lowest BCUT2D eigenvalue weighted by Crippen LogP contribution is -2.39. The molecule has 0 aliphatic carbocycles. The minimum absolute atomic E-state index is 0.0314. The lowest BCUT2D eigenvalue weighted by molar-refractivity contribution is -0.125. The van der Waals surface area contributed by atoms with Crippen molar-refractivity contribution in [3.8, 4) is 0 Å². The van der Waals surface area contributed by atoms with Gasteiger partial charge in [0.2, 0.25) is 5.91 Å². The number of nitrogens with one attached hydrogen (secondary N) is 1. The van der Waals surface area contributed by atoms with Crippen molar-refractivity contribution < 1.29 is 9.59 Å². The summed E-state index contributed by atoms with van der Waals surface area (Å²) < 4.78 is 0. The van der Waals surface area contributed by atoms with Crippen molar-refractivity contribution in [2.75, 3.05) is 37.8 Å². The van der Waals surface area contributed by atoms with E-state index in [1.54, 1.807) is 51.9 Å². The zero-order valence-corrected chi connectivity index (χ0v) is 17.9. The molecule has 0 aromatic heterocycles. The van der Waals surface area contributed by atoms with Gasteiger partial charge in [-0.2, -0.15) is 0 Å². The number of halogens is 1. The van der Waals surface area contributed by atoms with Gasteiger partial charge in [-0.25, -0.2) is 4.79 Å². The van der Waals surface area contributed by atoms with Crippen LogP contribution < -0.4 is 5.32 Å². The van der Waals surface area contributed by atoms with Crippen LogP contribution in [0.1, 0.15) is 12.0 Å². The van der Waals surface area contributed by atoms with Crippen LogP contribution in [0.15, 0.2) is 59.5 Å². The molecule has 0 saturated carbocycles. The summed E-state index contributed by atoms with van der Waals surface area (Å²) in [5.41, 5.74) is 1.66. The van der Waals surface area contributed by atoms with Gasteiger partial charge in [-0.15, -0.1) is 11.8 Å². The third-order valence-electron chi connectivity index (χ3n) is 4.70. The number of hydrogen-bond donors (Lipinski definition) is 1. The molecule has 0 radical (unpaired) electrons. The highest BCUT2D eigenvalue weighted by atomic mass is 35.5. The van der Waals surface area contributed by atoms with E-state index in [0.29, 0.717) is 36.9 Å². The van der Waals surface area contributed by atoms with Crippen molar-refractivity contribution in [3.05, 3.63) is 65.2 Å². The van der Waals surface area contributed by atoms with Gasteiger partial charge in [0.1, 0.15) is 0 Å². The Morgan fingerprint density at radius 1 is 1.03 bits per heavy atom. The van der Waals surface area contributed by atoms with Gasteiger partial charge >= 0.3 is 6.03 Å². The molecule has 5 nitrogen and oxygen atoms in total. The summed E-state index contributed by atoms with van der Waals surface area (Å²) in [5, 5.41) is 3.44. The van der Waals surface area contributed by atoms with E-state index < -0.39 is 0 Å². The Morgan fingerprint density at radius 3 is 2.48 bits per heavy atom. The molecule has 3 amide bonds. The molecule has 1 aliphatic rings. The number of nitrogens with zero attached hydrogens (tertiary/aromatic N) is 2. The summed E-state index contributed by atoms with van der Waals surface area (Å²) in [4.78, 5) is 29.8. The third kappa shape index (κ3) is 6.27. The summed E-state index contributed by atoms with van der Waals surface area (Å²) in [6, 6.07) is 15.0. The third-order valence-corrected chi connectivity index (χ3v) is 5.68. The van der Waals surface area contributed by atoms with Crippen molar-refractivity contribution in [1.82, 2.24) is 9.80 Å². The minimum atomic E-state index is -0.175. The summed E-state index contributed by atoms with van der Waals surface area (Å²) in [5.74, 6) is -0.0314. The number of thioether (sulfide) groups is 1. The van der Waals surface area contributed by atoms with E-state index in [0.717, 1.165) is 12.0 Å². The van der Waals surface area contributed by atoms with E-state index >= 15 is 0 Å². The van der Waals surface area contributed by atoms with Crippen LogP contribution >= 0.6 is 23.4 Å². The first-order valence-corrected chi connectivity index (χ1v) is 11.1. The van der Waals surface area contributed by atoms with E-state index in [2.05, 4.69) is 5.32 Å². The van der Waals surface area contributed by atoms with Crippen LogP contribution in [-0.2, 0) is 4.79 Å². The number of carbonyl (C=O) groups excluding carboxylic acids is 2. The number of rotatable bonds is 4. The van der Waals surface area contributed by atoms with Gasteiger partial charge in [0.15, 0.2) is 0 Å². The van der Waals surface area contributed by atoms with Crippen LogP contribution in [0, 0.1) is 0 Å². The number of amides is 3. The number of benzene rings is 2. The Morgan fingerprint density at radius 2 is 1.76 bits per heavy atom. The molecule has 1 fully saturated rings. The van der Waals surface area contributed by atoms with Crippen molar-refractivity contribution in [2.45, 2.75) is 11.3 Å². The zero-order valence-electron chi connectivity index (χ0n) is 16.3. The van der Waals surface area contributed by atoms with Gasteiger partial charge in [-0.05, 0) is 54.6 Å². The smallest absolute Gasteiger partial charge is 0.321 e. The highest BCUT2D eigenvalue weighted by Crippen LogP contribution is 2.17. The van der Waals surface area contributed by atoms with E-state index in [1.807, 2.05) is 36.6 Å². The Hall–Kier alpha value is -2.44. The lowest BCUT2D eigenvalue weighted by atomic mass is 10.2. The molecule has 0 spiro atoms. The first-order chi connectivity index (χ1) is 14.0. The molecule has 3 rings (SSSR count). The van der Waals surface area contributed by atoms with E-state index in [4.69, 9.17) is 11.6 Å². The highest BCUT2D eigenvalue weighted by molar-refractivity contribution is 7.98. The number of carbonyl (C=O) groups is 2. The van der Waals surface area contributed by atoms with Crippen LogP contribution in [0.2, 0.25) is 5.02 Å². The second-order valence-electron chi connectivity index (χ2n) is 6.71. The number of anilines is 1. The Balaban J connectivity index is 1.53. The van der Waals surface area contributed by atoms with Crippen molar-refractivity contribution in [1.29, 1.82) is 0 Å². The molecule has 7 heteroatoms. The second-order valence-corrected chi connectivity index (χ2v) is 8.03. The summed E-state index contributed by atoms with van der Waals surface area (Å²) in [7, 11) is 0. The molecule has 1 aliphatic heterocycles. The molecular formula is C22H24ClN3O2S. The molecule has 1 saturated heterocycles. The first kappa shape index (κ1) is 21.3. The largest absolute Gasteiger partial charge is 0.337 e. The van der Waals surface area contributed by atoms with E-state index in [1.165, 1.54) is 4.90 Å². The maximum atomic E-state index is 12.6. The standard InChI is InChI=1S/C22H24ClN3O2S/c1-29-20-9-6-17(7-10-20)8-11-21(27)25-12-3-13-26(15-14-25)22(28)24-19-5-2-4-18(23)16-19/h2,4-11,16H,3,12-15H2,1H3,(H,24,28)/b11-8+. The Labute approximate surface area is 180 Å². The number of hydrogen-bond acceptors (Lipinski definition) is 3.